The van der Waals surface area contributed by atoms with E-state index in [0.717, 1.165) is 22.6 Å². The van der Waals surface area contributed by atoms with E-state index in [9.17, 15) is 5.11 Å². The standard InChI is InChI=1S/C16H18ClNO2/c1-11-7-8-12(9-13(11)17)15(10-19)18-14-5-3-4-6-16(14)20-2/h3-9,15,18-19H,10H2,1-2H3. The fourth-order valence-electron chi connectivity index (χ4n) is 2.01. The van der Waals surface area contributed by atoms with E-state index < -0.39 is 0 Å². The number of methoxy groups -OCH3 is 1. The van der Waals surface area contributed by atoms with Crippen LogP contribution in [0.1, 0.15) is 17.2 Å². The Labute approximate surface area is 124 Å². The molecular formula is C16H18ClNO2. The highest BCUT2D eigenvalue weighted by molar-refractivity contribution is 6.31. The Kier molecular flexibility index (Phi) is 4.88. The quantitative estimate of drug-likeness (QED) is 0.880. The third-order valence-electron chi connectivity index (χ3n) is 3.22. The largest absolute Gasteiger partial charge is 0.495 e. The number of hydrogen-bond donors (Lipinski definition) is 2. The van der Waals surface area contributed by atoms with Crippen molar-refractivity contribution in [3.8, 4) is 5.75 Å². The molecule has 4 heteroatoms. The van der Waals surface area contributed by atoms with Crippen molar-refractivity contribution in [2.45, 2.75) is 13.0 Å². The molecule has 0 spiro atoms. The zero-order valence-corrected chi connectivity index (χ0v) is 12.3. The third-order valence-corrected chi connectivity index (χ3v) is 3.62. The first kappa shape index (κ1) is 14.7. The van der Waals surface area contributed by atoms with E-state index in [0.29, 0.717) is 5.02 Å². The minimum absolute atomic E-state index is 0.0303. The van der Waals surface area contributed by atoms with Crippen LogP contribution in [0.4, 0.5) is 5.69 Å². The summed E-state index contributed by atoms with van der Waals surface area (Å²) >= 11 is 6.14. The summed E-state index contributed by atoms with van der Waals surface area (Å²) < 4.78 is 5.30. The van der Waals surface area contributed by atoms with Crippen LogP contribution in [0.5, 0.6) is 5.75 Å². The molecule has 2 aromatic rings. The number of nitrogens with one attached hydrogen (secondary N) is 1. The number of para-hydroxylation sites is 2. The third kappa shape index (κ3) is 3.24. The van der Waals surface area contributed by atoms with Crippen molar-refractivity contribution in [3.63, 3.8) is 0 Å². The molecule has 1 unspecified atom stereocenters. The number of halogens is 1. The Bertz CT molecular complexity index is 586. The minimum atomic E-state index is -0.232. The van der Waals surface area contributed by atoms with Crippen molar-refractivity contribution in [2.24, 2.45) is 0 Å². The molecule has 0 saturated heterocycles. The van der Waals surface area contributed by atoms with Crippen LogP contribution < -0.4 is 10.1 Å². The summed E-state index contributed by atoms with van der Waals surface area (Å²) in [4.78, 5) is 0. The van der Waals surface area contributed by atoms with Crippen LogP contribution in [-0.4, -0.2) is 18.8 Å². The van der Waals surface area contributed by atoms with Gasteiger partial charge in [-0.3, -0.25) is 0 Å². The zero-order chi connectivity index (χ0) is 14.5. The lowest BCUT2D eigenvalue weighted by Gasteiger charge is -2.20. The lowest BCUT2D eigenvalue weighted by Crippen LogP contribution is -2.15. The molecule has 2 N–H and O–H groups in total. The van der Waals surface area contributed by atoms with E-state index in [1.165, 1.54) is 0 Å². The Hall–Kier alpha value is -1.71. The first-order chi connectivity index (χ1) is 9.65. The first-order valence-corrected chi connectivity index (χ1v) is 6.80. The van der Waals surface area contributed by atoms with Crippen LogP contribution in [0.25, 0.3) is 0 Å². The van der Waals surface area contributed by atoms with E-state index in [1.54, 1.807) is 7.11 Å². The van der Waals surface area contributed by atoms with Gasteiger partial charge in [0, 0.05) is 5.02 Å². The van der Waals surface area contributed by atoms with Crippen LogP contribution in [0.3, 0.4) is 0 Å². The summed E-state index contributed by atoms with van der Waals surface area (Å²) in [6, 6.07) is 13.2. The predicted molar refractivity (Wildman–Crippen MR) is 82.6 cm³/mol. The molecule has 106 valence electrons. The molecule has 20 heavy (non-hydrogen) atoms. The van der Waals surface area contributed by atoms with Crippen molar-refractivity contribution in [3.05, 3.63) is 58.6 Å². The van der Waals surface area contributed by atoms with Gasteiger partial charge in [-0.15, -0.1) is 0 Å². The fraction of sp³-hybridized carbons (Fsp3) is 0.250. The smallest absolute Gasteiger partial charge is 0.141 e. The second kappa shape index (κ2) is 6.64. The van der Waals surface area contributed by atoms with Gasteiger partial charge in [-0.05, 0) is 36.2 Å². The molecule has 0 heterocycles. The normalized spacial score (nSPS) is 12.0. The van der Waals surface area contributed by atoms with Gasteiger partial charge in [0.05, 0.1) is 25.4 Å². The molecule has 2 rings (SSSR count). The highest BCUT2D eigenvalue weighted by Gasteiger charge is 2.13. The van der Waals surface area contributed by atoms with E-state index in [-0.39, 0.29) is 12.6 Å². The van der Waals surface area contributed by atoms with Crippen LogP contribution in [0, 0.1) is 6.92 Å². The number of ether oxygens (including phenoxy) is 1. The molecule has 0 saturated carbocycles. The minimum Gasteiger partial charge on any atom is -0.495 e. The van der Waals surface area contributed by atoms with Crippen LogP contribution in [0.15, 0.2) is 42.5 Å². The highest BCUT2D eigenvalue weighted by atomic mass is 35.5. The predicted octanol–water partition coefficient (Wildman–Crippen LogP) is 3.80. The molecule has 2 aromatic carbocycles. The maximum absolute atomic E-state index is 9.62. The molecule has 0 radical (unpaired) electrons. The van der Waals surface area contributed by atoms with Crippen molar-refractivity contribution in [1.29, 1.82) is 0 Å². The molecule has 0 bridgehead atoms. The molecule has 0 fully saturated rings. The Morgan fingerprint density at radius 3 is 2.65 bits per heavy atom. The molecule has 0 aliphatic rings. The summed E-state index contributed by atoms with van der Waals surface area (Å²) in [6.07, 6.45) is 0. The monoisotopic (exact) mass is 291 g/mol. The lowest BCUT2D eigenvalue weighted by molar-refractivity contribution is 0.276. The maximum atomic E-state index is 9.62. The topological polar surface area (TPSA) is 41.5 Å². The highest BCUT2D eigenvalue weighted by Crippen LogP contribution is 2.29. The molecule has 0 aliphatic carbocycles. The second-order valence-electron chi connectivity index (χ2n) is 4.59. The Morgan fingerprint density at radius 2 is 2.00 bits per heavy atom. The van der Waals surface area contributed by atoms with E-state index >= 15 is 0 Å². The van der Waals surface area contributed by atoms with Crippen molar-refractivity contribution < 1.29 is 9.84 Å². The summed E-state index contributed by atoms with van der Waals surface area (Å²) in [5, 5.41) is 13.6. The summed E-state index contributed by atoms with van der Waals surface area (Å²) in [7, 11) is 1.62. The van der Waals surface area contributed by atoms with Crippen molar-refractivity contribution in [1.82, 2.24) is 0 Å². The number of aliphatic hydroxyl groups is 1. The number of hydrogen-bond acceptors (Lipinski definition) is 3. The molecule has 0 aliphatic heterocycles. The van der Waals surface area contributed by atoms with Gasteiger partial charge in [0.1, 0.15) is 5.75 Å². The second-order valence-corrected chi connectivity index (χ2v) is 5.00. The molecule has 0 amide bonds. The number of anilines is 1. The van der Waals surface area contributed by atoms with Gasteiger partial charge >= 0.3 is 0 Å². The van der Waals surface area contributed by atoms with Gasteiger partial charge in [0.2, 0.25) is 0 Å². The average Bonchev–Trinajstić information content (AvgIpc) is 2.48. The Morgan fingerprint density at radius 1 is 1.25 bits per heavy atom. The summed E-state index contributed by atoms with van der Waals surface area (Å²) in [5.74, 6) is 0.740. The van der Waals surface area contributed by atoms with Gasteiger partial charge in [0.25, 0.3) is 0 Å². The van der Waals surface area contributed by atoms with E-state index in [1.807, 2.05) is 49.4 Å². The van der Waals surface area contributed by atoms with E-state index in [4.69, 9.17) is 16.3 Å². The van der Waals surface area contributed by atoms with Gasteiger partial charge < -0.3 is 15.2 Å². The van der Waals surface area contributed by atoms with Crippen molar-refractivity contribution >= 4 is 17.3 Å². The SMILES string of the molecule is COc1ccccc1NC(CO)c1ccc(C)c(Cl)c1. The Balaban J connectivity index is 2.26. The van der Waals surface area contributed by atoms with Gasteiger partial charge in [0.15, 0.2) is 0 Å². The van der Waals surface area contributed by atoms with Crippen molar-refractivity contribution in [2.75, 3.05) is 19.0 Å². The lowest BCUT2D eigenvalue weighted by atomic mass is 10.1. The molecule has 0 aromatic heterocycles. The molecular weight excluding hydrogens is 274 g/mol. The van der Waals surface area contributed by atoms with Gasteiger partial charge in [-0.25, -0.2) is 0 Å². The fourth-order valence-corrected chi connectivity index (χ4v) is 2.20. The van der Waals surface area contributed by atoms with Gasteiger partial charge in [-0.1, -0.05) is 35.9 Å². The summed E-state index contributed by atoms with van der Waals surface area (Å²) in [5.41, 5.74) is 2.80. The number of aliphatic hydroxyl groups excluding tert-OH is 1. The van der Waals surface area contributed by atoms with Crippen LogP contribution >= 0.6 is 11.6 Å². The molecule has 3 nitrogen and oxygen atoms in total. The number of benzene rings is 2. The van der Waals surface area contributed by atoms with Gasteiger partial charge in [-0.2, -0.15) is 0 Å². The number of rotatable bonds is 5. The van der Waals surface area contributed by atoms with Crippen LogP contribution in [0.2, 0.25) is 5.02 Å². The number of aryl methyl sites for hydroxylation is 1. The molecule has 1 atom stereocenters. The van der Waals surface area contributed by atoms with E-state index in [2.05, 4.69) is 5.32 Å². The van der Waals surface area contributed by atoms with Crippen LogP contribution in [-0.2, 0) is 0 Å². The summed E-state index contributed by atoms with van der Waals surface area (Å²) in [6.45, 7) is 1.92. The average molecular weight is 292 g/mol. The zero-order valence-electron chi connectivity index (χ0n) is 11.6. The first-order valence-electron chi connectivity index (χ1n) is 6.42. The maximum Gasteiger partial charge on any atom is 0.141 e.